The van der Waals surface area contributed by atoms with Gasteiger partial charge in [0, 0.05) is 17.3 Å². The van der Waals surface area contributed by atoms with Crippen molar-refractivity contribution in [2.75, 3.05) is 0 Å². The van der Waals surface area contributed by atoms with Gasteiger partial charge in [-0.15, -0.1) is 0 Å². The van der Waals surface area contributed by atoms with Gasteiger partial charge in [-0.2, -0.15) is 0 Å². The molecule has 1 amide bonds. The van der Waals surface area contributed by atoms with Crippen LogP contribution < -0.4 is 5.32 Å². The van der Waals surface area contributed by atoms with E-state index in [0.717, 1.165) is 24.5 Å². The van der Waals surface area contributed by atoms with E-state index in [1.54, 1.807) is 12.1 Å². The first-order chi connectivity index (χ1) is 8.54. The van der Waals surface area contributed by atoms with E-state index in [1.165, 1.54) is 12.8 Å². The summed E-state index contributed by atoms with van der Waals surface area (Å²) in [6, 6.07) is 3.70. The Morgan fingerprint density at radius 2 is 2.00 bits per heavy atom. The van der Waals surface area contributed by atoms with Crippen LogP contribution in [0.25, 0.3) is 0 Å². The lowest BCUT2D eigenvalue weighted by Crippen LogP contribution is -2.37. The van der Waals surface area contributed by atoms with Crippen molar-refractivity contribution in [2.24, 2.45) is 5.92 Å². The molecule has 0 saturated heterocycles. The molecule has 1 N–H and O–H groups in total. The maximum atomic E-state index is 12.1. The summed E-state index contributed by atoms with van der Waals surface area (Å²) in [5.41, 5.74) is 1.37. The maximum absolute atomic E-state index is 12.1. The minimum absolute atomic E-state index is 0.0399. The lowest BCUT2D eigenvalue weighted by atomic mass is 9.87. The molecule has 0 aliphatic heterocycles. The molecular weight excluding hydrogens is 248 g/mol. The third-order valence-electron chi connectivity index (χ3n) is 3.54. The highest BCUT2D eigenvalue weighted by Crippen LogP contribution is 2.23. The monoisotopic (exact) mass is 266 g/mol. The largest absolute Gasteiger partial charge is 0.349 e. The fourth-order valence-electron chi connectivity index (χ4n) is 2.43. The van der Waals surface area contributed by atoms with Gasteiger partial charge >= 0.3 is 0 Å². The Hall–Kier alpha value is -1.09. The van der Waals surface area contributed by atoms with E-state index >= 15 is 0 Å². The molecular formula is C14H19ClN2O. The topological polar surface area (TPSA) is 42.0 Å². The molecule has 4 heteroatoms. The minimum Gasteiger partial charge on any atom is -0.349 e. The van der Waals surface area contributed by atoms with Crippen LogP contribution in [-0.4, -0.2) is 16.9 Å². The van der Waals surface area contributed by atoms with Crippen molar-refractivity contribution in [1.29, 1.82) is 0 Å². The second kappa shape index (κ2) is 5.70. The number of carbonyl (C=O) groups is 1. The standard InChI is InChI=1S/C14H19ClN2O/c1-9-3-5-12(6-4-9)17-14(18)11-7-10(2)16-13(15)8-11/h7-9,12H,3-6H2,1-2H3,(H,17,18). The molecule has 2 rings (SSSR count). The zero-order chi connectivity index (χ0) is 13.1. The predicted molar refractivity (Wildman–Crippen MR) is 72.9 cm³/mol. The summed E-state index contributed by atoms with van der Waals surface area (Å²) in [5, 5.41) is 3.46. The van der Waals surface area contributed by atoms with Gasteiger partial charge < -0.3 is 5.32 Å². The second-order valence-electron chi connectivity index (χ2n) is 5.25. The lowest BCUT2D eigenvalue weighted by molar-refractivity contribution is 0.0923. The first-order valence-electron chi connectivity index (χ1n) is 6.49. The molecule has 0 aromatic carbocycles. The molecule has 1 saturated carbocycles. The Balaban J connectivity index is 1.99. The lowest BCUT2D eigenvalue weighted by Gasteiger charge is -2.26. The maximum Gasteiger partial charge on any atom is 0.251 e. The van der Waals surface area contributed by atoms with Gasteiger partial charge in [0.1, 0.15) is 5.15 Å². The van der Waals surface area contributed by atoms with Gasteiger partial charge in [0.25, 0.3) is 5.91 Å². The Kier molecular flexibility index (Phi) is 4.23. The van der Waals surface area contributed by atoms with Crippen LogP contribution in [0.2, 0.25) is 5.15 Å². The van der Waals surface area contributed by atoms with Gasteiger partial charge in [-0.25, -0.2) is 4.98 Å². The molecule has 18 heavy (non-hydrogen) atoms. The van der Waals surface area contributed by atoms with Crippen molar-refractivity contribution in [3.8, 4) is 0 Å². The molecule has 1 aromatic heterocycles. The number of rotatable bonds is 2. The van der Waals surface area contributed by atoms with Gasteiger partial charge in [-0.05, 0) is 50.7 Å². The number of aryl methyl sites for hydroxylation is 1. The molecule has 98 valence electrons. The molecule has 0 radical (unpaired) electrons. The number of amides is 1. The molecule has 1 aliphatic rings. The molecule has 1 aromatic rings. The highest BCUT2D eigenvalue weighted by Gasteiger charge is 2.20. The molecule has 1 aliphatic carbocycles. The molecule has 0 unspecified atom stereocenters. The Bertz CT molecular complexity index is 419. The fourth-order valence-corrected chi connectivity index (χ4v) is 2.68. The number of nitrogens with one attached hydrogen (secondary N) is 1. The van der Waals surface area contributed by atoms with Crippen molar-refractivity contribution < 1.29 is 4.79 Å². The van der Waals surface area contributed by atoms with E-state index < -0.39 is 0 Å². The SMILES string of the molecule is Cc1cc(C(=O)NC2CCC(C)CC2)cc(Cl)n1. The summed E-state index contributed by atoms with van der Waals surface area (Å²) in [5.74, 6) is 0.748. The highest BCUT2D eigenvalue weighted by atomic mass is 35.5. The van der Waals surface area contributed by atoms with Crippen LogP contribution in [0.1, 0.15) is 48.7 Å². The number of hydrogen-bond acceptors (Lipinski definition) is 2. The summed E-state index contributed by atoms with van der Waals surface area (Å²) in [4.78, 5) is 16.2. The van der Waals surface area contributed by atoms with Gasteiger partial charge in [-0.1, -0.05) is 18.5 Å². The van der Waals surface area contributed by atoms with Gasteiger partial charge in [0.15, 0.2) is 0 Å². The van der Waals surface area contributed by atoms with E-state index in [9.17, 15) is 4.79 Å². The fraction of sp³-hybridized carbons (Fsp3) is 0.571. The summed E-state index contributed by atoms with van der Waals surface area (Å²) in [7, 11) is 0. The highest BCUT2D eigenvalue weighted by molar-refractivity contribution is 6.29. The van der Waals surface area contributed by atoms with Crippen molar-refractivity contribution in [3.63, 3.8) is 0 Å². The first-order valence-corrected chi connectivity index (χ1v) is 6.87. The number of pyridine rings is 1. The average Bonchev–Trinajstić information content (AvgIpc) is 2.31. The van der Waals surface area contributed by atoms with Crippen molar-refractivity contribution >= 4 is 17.5 Å². The quantitative estimate of drug-likeness (QED) is 0.834. The molecule has 0 bridgehead atoms. The third kappa shape index (κ3) is 3.45. The normalized spacial score (nSPS) is 23.7. The smallest absolute Gasteiger partial charge is 0.251 e. The van der Waals surface area contributed by atoms with Crippen LogP contribution in [0.5, 0.6) is 0 Å². The van der Waals surface area contributed by atoms with Crippen molar-refractivity contribution in [3.05, 3.63) is 28.5 Å². The zero-order valence-electron chi connectivity index (χ0n) is 10.9. The predicted octanol–water partition coefficient (Wildman–Crippen LogP) is 3.35. The Morgan fingerprint density at radius 3 is 2.61 bits per heavy atom. The molecule has 0 atom stereocenters. The first kappa shape index (κ1) is 13.3. The number of carbonyl (C=O) groups excluding carboxylic acids is 1. The zero-order valence-corrected chi connectivity index (χ0v) is 11.6. The molecule has 1 fully saturated rings. The summed E-state index contributed by atoms with van der Waals surface area (Å²) < 4.78 is 0. The van der Waals surface area contributed by atoms with Crippen molar-refractivity contribution in [2.45, 2.75) is 45.6 Å². The van der Waals surface area contributed by atoms with Crippen LogP contribution >= 0.6 is 11.6 Å². The molecule has 0 spiro atoms. The van der Waals surface area contributed by atoms with Gasteiger partial charge in [-0.3, -0.25) is 4.79 Å². The van der Waals surface area contributed by atoms with Crippen LogP contribution in [0.3, 0.4) is 0 Å². The Morgan fingerprint density at radius 1 is 1.33 bits per heavy atom. The second-order valence-corrected chi connectivity index (χ2v) is 5.64. The van der Waals surface area contributed by atoms with Crippen LogP contribution in [0.4, 0.5) is 0 Å². The minimum atomic E-state index is -0.0399. The number of halogens is 1. The number of hydrogen-bond donors (Lipinski definition) is 1. The van der Waals surface area contributed by atoms with E-state index in [1.807, 2.05) is 6.92 Å². The van der Waals surface area contributed by atoms with E-state index in [-0.39, 0.29) is 5.91 Å². The van der Waals surface area contributed by atoms with E-state index in [0.29, 0.717) is 16.8 Å². The number of aromatic nitrogens is 1. The summed E-state index contributed by atoms with van der Waals surface area (Å²) in [6.45, 7) is 4.11. The van der Waals surface area contributed by atoms with E-state index in [2.05, 4.69) is 17.2 Å². The van der Waals surface area contributed by atoms with Crippen LogP contribution in [0.15, 0.2) is 12.1 Å². The van der Waals surface area contributed by atoms with Gasteiger partial charge in [0.2, 0.25) is 0 Å². The van der Waals surface area contributed by atoms with Crippen molar-refractivity contribution in [1.82, 2.24) is 10.3 Å². The van der Waals surface area contributed by atoms with Crippen LogP contribution in [0, 0.1) is 12.8 Å². The molecule has 1 heterocycles. The average molecular weight is 267 g/mol. The van der Waals surface area contributed by atoms with Gasteiger partial charge in [0.05, 0.1) is 0 Å². The Labute approximate surface area is 113 Å². The van der Waals surface area contributed by atoms with Crippen LogP contribution in [-0.2, 0) is 0 Å². The number of nitrogens with zero attached hydrogens (tertiary/aromatic N) is 1. The third-order valence-corrected chi connectivity index (χ3v) is 3.73. The molecule has 3 nitrogen and oxygen atoms in total. The summed E-state index contributed by atoms with van der Waals surface area (Å²) >= 11 is 5.86. The summed E-state index contributed by atoms with van der Waals surface area (Å²) in [6.07, 6.45) is 4.54. The van der Waals surface area contributed by atoms with E-state index in [4.69, 9.17) is 11.6 Å².